The van der Waals surface area contributed by atoms with E-state index >= 15 is 0 Å². The Kier molecular flexibility index (Phi) is 13.5. The number of hydrogen-bond donors (Lipinski definition) is 3. The van der Waals surface area contributed by atoms with Crippen LogP contribution in [-0.4, -0.2) is 60.0 Å². The molecule has 0 radical (unpaired) electrons. The summed E-state index contributed by atoms with van der Waals surface area (Å²) < 4.78 is 11.7. The lowest BCUT2D eigenvalue weighted by Gasteiger charge is -2.38. The third-order valence-corrected chi connectivity index (χ3v) is 7.56. The first kappa shape index (κ1) is 37.5. The lowest BCUT2D eigenvalue weighted by Crippen LogP contribution is -2.59. The monoisotopic (exact) mass is 655 g/mol. The first-order valence-corrected chi connectivity index (χ1v) is 16.0. The molecule has 3 rings (SSSR count). The standard InChI is InChI=1S/C38H49N5O5/c1-25(2)43(34(24-47-23-28-15-11-9-12-16-28)41-22-33(40-8)29-17-13-10-14-18-29)36(45)32(42-37(46)48-38(5,6)7)21-31-26(3)19-30(35(39)44)20-27(31)4/h9-20,22,25,32,34,41H,8,21,23-24H2,1-7H3,(H2,39,44)(H,42,46)/b33-22-/t32-,34?/m0/s1. The van der Waals surface area contributed by atoms with Crippen molar-refractivity contribution in [3.63, 3.8) is 0 Å². The molecular weight excluding hydrogens is 606 g/mol. The highest BCUT2D eigenvalue weighted by Gasteiger charge is 2.34. The topological polar surface area (TPSA) is 135 Å². The van der Waals surface area contributed by atoms with E-state index in [1.807, 2.05) is 88.4 Å². The van der Waals surface area contributed by atoms with Gasteiger partial charge in [0.15, 0.2) is 0 Å². The summed E-state index contributed by atoms with van der Waals surface area (Å²) in [5.41, 5.74) is 9.92. The van der Waals surface area contributed by atoms with Crippen molar-refractivity contribution in [3.8, 4) is 0 Å². The number of benzene rings is 3. The Labute approximate surface area is 284 Å². The fourth-order valence-corrected chi connectivity index (χ4v) is 5.34. The van der Waals surface area contributed by atoms with E-state index in [-0.39, 0.29) is 25.0 Å². The third-order valence-electron chi connectivity index (χ3n) is 7.56. The number of ether oxygens (including phenoxy) is 2. The van der Waals surface area contributed by atoms with Crippen LogP contribution in [0.4, 0.5) is 4.79 Å². The molecule has 0 bridgehead atoms. The van der Waals surface area contributed by atoms with Crippen LogP contribution in [0.1, 0.15) is 72.8 Å². The maximum Gasteiger partial charge on any atom is 0.408 e. The molecule has 0 aliphatic heterocycles. The molecule has 0 saturated carbocycles. The SMILES string of the molecule is C=N/C(=C\NC(COCc1ccccc1)N(C(=O)[C@H](Cc1c(C)cc(C(N)=O)cc1C)NC(=O)OC(C)(C)C)C(C)C)c1ccccc1. The number of hydrogen-bond acceptors (Lipinski definition) is 7. The van der Waals surface area contributed by atoms with Gasteiger partial charge in [0, 0.05) is 29.8 Å². The van der Waals surface area contributed by atoms with Crippen LogP contribution in [0.5, 0.6) is 0 Å². The molecule has 10 nitrogen and oxygen atoms in total. The smallest absolute Gasteiger partial charge is 0.408 e. The van der Waals surface area contributed by atoms with Gasteiger partial charge >= 0.3 is 6.09 Å². The van der Waals surface area contributed by atoms with E-state index < -0.39 is 29.8 Å². The Bertz CT molecular complexity index is 1560. The molecule has 1 unspecified atom stereocenters. The van der Waals surface area contributed by atoms with Crippen molar-refractivity contribution in [1.82, 2.24) is 15.5 Å². The molecule has 2 atom stereocenters. The third kappa shape index (κ3) is 11.1. The number of carbonyl (C=O) groups is 3. The van der Waals surface area contributed by atoms with E-state index in [1.165, 1.54) is 0 Å². The summed E-state index contributed by atoms with van der Waals surface area (Å²) in [7, 11) is 0. The molecular formula is C38H49N5O5. The summed E-state index contributed by atoms with van der Waals surface area (Å²) in [6, 6.07) is 21.4. The largest absolute Gasteiger partial charge is 0.444 e. The van der Waals surface area contributed by atoms with Gasteiger partial charge in [-0.2, -0.15) is 0 Å². The number of nitrogens with two attached hydrogens (primary N) is 1. The quantitative estimate of drug-likeness (QED) is 0.138. The number of alkyl carbamates (subject to hydrolysis) is 1. The van der Waals surface area contributed by atoms with Crippen LogP contribution in [0.15, 0.2) is 84.0 Å². The molecule has 48 heavy (non-hydrogen) atoms. The van der Waals surface area contributed by atoms with Crippen molar-refractivity contribution in [2.45, 2.75) is 85.3 Å². The Hall–Kier alpha value is -4.96. The molecule has 0 aromatic heterocycles. The fourth-order valence-electron chi connectivity index (χ4n) is 5.34. The number of nitrogens with zero attached hydrogens (tertiary/aromatic N) is 2. The van der Waals surface area contributed by atoms with Crippen molar-refractivity contribution in [2.75, 3.05) is 6.61 Å². The summed E-state index contributed by atoms with van der Waals surface area (Å²) in [6.45, 7) is 17.0. The van der Waals surface area contributed by atoms with Crippen LogP contribution in [0.2, 0.25) is 0 Å². The Morgan fingerprint density at radius 2 is 1.54 bits per heavy atom. The summed E-state index contributed by atoms with van der Waals surface area (Å²) >= 11 is 0. The number of primary amides is 1. The van der Waals surface area contributed by atoms with Crippen LogP contribution in [-0.2, 0) is 27.3 Å². The number of nitrogens with one attached hydrogen (secondary N) is 2. The number of amides is 3. The molecule has 0 saturated heterocycles. The van der Waals surface area contributed by atoms with Gasteiger partial charge in [-0.3, -0.25) is 14.6 Å². The second-order valence-electron chi connectivity index (χ2n) is 12.9. The molecule has 0 spiro atoms. The second-order valence-corrected chi connectivity index (χ2v) is 12.9. The van der Waals surface area contributed by atoms with Crippen LogP contribution < -0.4 is 16.4 Å². The van der Waals surface area contributed by atoms with Crippen LogP contribution in [0.25, 0.3) is 5.70 Å². The van der Waals surface area contributed by atoms with E-state index in [9.17, 15) is 14.4 Å². The minimum atomic E-state index is -1.02. The molecule has 10 heteroatoms. The van der Waals surface area contributed by atoms with Gasteiger partial charge in [-0.05, 0) is 89.6 Å². The lowest BCUT2D eigenvalue weighted by atomic mass is 9.93. The zero-order valence-corrected chi connectivity index (χ0v) is 29.1. The average Bonchev–Trinajstić information content (AvgIpc) is 3.02. The van der Waals surface area contributed by atoms with E-state index in [1.54, 1.807) is 44.0 Å². The molecule has 256 valence electrons. The molecule has 0 aliphatic rings. The highest BCUT2D eigenvalue weighted by Crippen LogP contribution is 2.22. The predicted octanol–water partition coefficient (Wildman–Crippen LogP) is 5.91. The fraction of sp³-hybridized carbons (Fsp3) is 0.368. The Morgan fingerprint density at radius 1 is 0.958 bits per heavy atom. The molecule has 3 aromatic carbocycles. The zero-order chi connectivity index (χ0) is 35.4. The average molecular weight is 656 g/mol. The van der Waals surface area contributed by atoms with Crippen molar-refractivity contribution in [3.05, 3.63) is 112 Å². The van der Waals surface area contributed by atoms with E-state index in [0.29, 0.717) is 17.9 Å². The van der Waals surface area contributed by atoms with Crippen LogP contribution >= 0.6 is 0 Å². The summed E-state index contributed by atoms with van der Waals surface area (Å²) in [4.78, 5) is 45.6. The van der Waals surface area contributed by atoms with Crippen molar-refractivity contribution >= 4 is 30.3 Å². The van der Waals surface area contributed by atoms with Crippen molar-refractivity contribution in [2.24, 2.45) is 10.7 Å². The molecule has 3 aromatic rings. The maximum atomic E-state index is 14.7. The van der Waals surface area contributed by atoms with E-state index in [2.05, 4.69) is 22.3 Å². The molecule has 3 amide bonds. The van der Waals surface area contributed by atoms with Gasteiger partial charge in [0.05, 0.1) is 18.9 Å². The first-order chi connectivity index (χ1) is 22.7. The van der Waals surface area contributed by atoms with E-state index in [4.69, 9.17) is 15.2 Å². The van der Waals surface area contributed by atoms with Crippen LogP contribution in [0.3, 0.4) is 0 Å². The summed E-state index contributed by atoms with van der Waals surface area (Å²) in [6.07, 6.45) is 0.480. The zero-order valence-electron chi connectivity index (χ0n) is 29.1. The van der Waals surface area contributed by atoms with Gasteiger partial charge in [-0.1, -0.05) is 60.7 Å². The van der Waals surface area contributed by atoms with Crippen LogP contribution in [0, 0.1) is 13.8 Å². The summed E-state index contributed by atoms with van der Waals surface area (Å²) in [5, 5.41) is 6.19. The number of aliphatic imine (C=N–C) groups is 1. The van der Waals surface area contributed by atoms with Gasteiger partial charge < -0.3 is 30.7 Å². The van der Waals surface area contributed by atoms with E-state index in [0.717, 1.165) is 27.8 Å². The normalized spacial score (nSPS) is 13.0. The second kappa shape index (κ2) is 17.3. The lowest BCUT2D eigenvalue weighted by molar-refractivity contribution is -0.140. The Morgan fingerprint density at radius 3 is 2.06 bits per heavy atom. The minimum absolute atomic E-state index is 0.124. The highest BCUT2D eigenvalue weighted by atomic mass is 16.6. The summed E-state index contributed by atoms with van der Waals surface area (Å²) in [5.74, 6) is -0.893. The molecule has 4 N–H and O–H groups in total. The van der Waals surface area contributed by atoms with Gasteiger partial charge in [0.25, 0.3) is 0 Å². The first-order valence-electron chi connectivity index (χ1n) is 16.0. The number of rotatable bonds is 15. The van der Waals surface area contributed by atoms with Gasteiger partial charge in [-0.25, -0.2) is 4.79 Å². The van der Waals surface area contributed by atoms with Gasteiger partial charge in [0.1, 0.15) is 17.8 Å². The predicted molar refractivity (Wildman–Crippen MR) is 190 cm³/mol. The molecule has 0 fully saturated rings. The van der Waals surface area contributed by atoms with Gasteiger partial charge in [-0.15, -0.1) is 0 Å². The van der Waals surface area contributed by atoms with Crippen molar-refractivity contribution in [1.29, 1.82) is 0 Å². The van der Waals surface area contributed by atoms with Gasteiger partial charge in [0.2, 0.25) is 11.8 Å². The number of aryl methyl sites for hydroxylation is 2. The number of carbonyl (C=O) groups excluding carboxylic acids is 3. The highest BCUT2D eigenvalue weighted by molar-refractivity contribution is 5.93. The Balaban J connectivity index is 2.03. The molecule has 0 aliphatic carbocycles. The van der Waals surface area contributed by atoms with Crippen molar-refractivity contribution < 1.29 is 23.9 Å². The minimum Gasteiger partial charge on any atom is -0.444 e. The molecule has 0 heterocycles. The maximum absolute atomic E-state index is 14.7.